The fourth-order valence-electron chi connectivity index (χ4n) is 5.48. The number of hydrogen-bond acceptors (Lipinski definition) is 5. The molecule has 1 saturated carbocycles. The van der Waals surface area contributed by atoms with Crippen LogP contribution < -0.4 is 0 Å². The van der Waals surface area contributed by atoms with Crippen LogP contribution in [0.3, 0.4) is 0 Å². The van der Waals surface area contributed by atoms with E-state index in [1.54, 1.807) is 12.1 Å². The predicted molar refractivity (Wildman–Crippen MR) is 99.9 cm³/mol. The standard InChI is InChI=1S/C22H30O5/c1-16(24-18(23)17-9-6-5-7-10-17)15-21-13-14-22(27-26-21)19(2,3)11-8-12-20(22,4)25-21/h5-7,9-10,16H,8,11-15H2,1-4H3. The lowest BCUT2D eigenvalue weighted by Gasteiger charge is -2.67. The molecule has 0 amide bonds. The monoisotopic (exact) mass is 374 g/mol. The first-order valence-electron chi connectivity index (χ1n) is 10.0. The van der Waals surface area contributed by atoms with Crippen molar-refractivity contribution in [3.8, 4) is 0 Å². The molecule has 2 bridgehead atoms. The Labute approximate surface area is 161 Å². The molecule has 5 heteroatoms. The maximum absolute atomic E-state index is 12.3. The van der Waals surface area contributed by atoms with Crippen molar-refractivity contribution >= 4 is 5.97 Å². The first-order valence-corrected chi connectivity index (χ1v) is 10.0. The van der Waals surface area contributed by atoms with Gasteiger partial charge in [-0.1, -0.05) is 32.0 Å². The van der Waals surface area contributed by atoms with Crippen LogP contribution in [0.25, 0.3) is 0 Å². The van der Waals surface area contributed by atoms with Gasteiger partial charge in [0.25, 0.3) is 0 Å². The van der Waals surface area contributed by atoms with Gasteiger partial charge in [-0.2, -0.15) is 0 Å². The van der Waals surface area contributed by atoms with E-state index < -0.39 is 11.4 Å². The van der Waals surface area contributed by atoms with Crippen molar-refractivity contribution < 1.29 is 24.0 Å². The molecule has 0 N–H and O–H groups in total. The number of fused-ring (bicyclic) bond motifs is 2. The molecule has 27 heavy (non-hydrogen) atoms. The first kappa shape index (κ1) is 18.9. The molecule has 4 unspecified atom stereocenters. The Kier molecular flexibility index (Phi) is 4.41. The minimum Gasteiger partial charge on any atom is -0.459 e. The third kappa shape index (κ3) is 2.91. The summed E-state index contributed by atoms with van der Waals surface area (Å²) in [5, 5.41) is 0. The summed E-state index contributed by atoms with van der Waals surface area (Å²) in [5.74, 6) is -1.17. The largest absolute Gasteiger partial charge is 0.459 e. The molecular formula is C22H30O5. The van der Waals surface area contributed by atoms with E-state index in [9.17, 15) is 4.79 Å². The Morgan fingerprint density at radius 2 is 1.81 bits per heavy atom. The molecule has 1 spiro atoms. The molecule has 4 atom stereocenters. The molecule has 148 valence electrons. The molecular weight excluding hydrogens is 344 g/mol. The average Bonchev–Trinajstić information content (AvgIpc) is 2.61. The van der Waals surface area contributed by atoms with Crippen LogP contribution in [0.4, 0.5) is 0 Å². The second kappa shape index (κ2) is 6.29. The van der Waals surface area contributed by atoms with E-state index >= 15 is 0 Å². The van der Waals surface area contributed by atoms with E-state index in [1.807, 2.05) is 25.1 Å². The fraction of sp³-hybridized carbons (Fsp3) is 0.682. The van der Waals surface area contributed by atoms with E-state index in [-0.39, 0.29) is 23.1 Å². The summed E-state index contributed by atoms with van der Waals surface area (Å²) in [6, 6.07) is 9.04. The fourth-order valence-corrected chi connectivity index (χ4v) is 5.48. The van der Waals surface area contributed by atoms with E-state index in [0.717, 1.165) is 32.1 Å². The van der Waals surface area contributed by atoms with Gasteiger partial charge in [0, 0.05) is 12.8 Å². The van der Waals surface area contributed by atoms with Crippen LogP contribution in [0.2, 0.25) is 0 Å². The van der Waals surface area contributed by atoms with Crippen LogP contribution in [0.15, 0.2) is 30.3 Å². The summed E-state index contributed by atoms with van der Waals surface area (Å²) >= 11 is 0. The lowest BCUT2D eigenvalue weighted by molar-refractivity contribution is -0.593. The van der Waals surface area contributed by atoms with Gasteiger partial charge in [-0.15, -0.1) is 0 Å². The van der Waals surface area contributed by atoms with Crippen molar-refractivity contribution in [3.05, 3.63) is 35.9 Å². The zero-order valence-electron chi connectivity index (χ0n) is 16.7. The Balaban J connectivity index is 1.47. The van der Waals surface area contributed by atoms with E-state index in [2.05, 4.69) is 20.8 Å². The minimum absolute atomic E-state index is 0.00201. The summed E-state index contributed by atoms with van der Waals surface area (Å²) in [6.07, 6.45) is 4.94. The molecule has 1 aromatic carbocycles. The van der Waals surface area contributed by atoms with Crippen molar-refractivity contribution in [2.45, 2.75) is 89.3 Å². The molecule has 5 rings (SSSR count). The Morgan fingerprint density at radius 1 is 1.07 bits per heavy atom. The normalized spacial score (nSPS) is 38.1. The van der Waals surface area contributed by atoms with Crippen LogP contribution in [0.5, 0.6) is 0 Å². The lowest BCUT2D eigenvalue weighted by Crippen LogP contribution is -2.75. The highest BCUT2D eigenvalue weighted by molar-refractivity contribution is 5.89. The number of hydrogen-bond donors (Lipinski definition) is 0. The molecule has 3 saturated heterocycles. The van der Waals surface area contributed by atoms with Crippen LogP contribution in [0, 0.1) is 5.41 Å². The third-order valence-electron chi connectivity index (χ3n) is 6.92. The lowest BCUT2D eigenvalue weighted by atomic mass is 9.55. The predicted octanol–water partition coefficient (Wildman–Crippen LogP) is 4.80. The maximum Gasteiger partial charge on any atom is 0.338 e. The van der Waals surface area contributed by atoms with Gasteiger partial charge in [0.1, 0.15) is 17.3 Å². The Bertz CT molecular complexity index is 705. The van der Waals surface area contributed by atoms with Crippen molar-refractivity contribution in [3.63, 3.8) is 0 Å². The molecule has 3 heterocycles. The molecule has 4 aliphatic rings. The van der Waals surface area contributed by atoms with Crippen molar-refractivity contribution in [1.82, 2.24) is 0 Å². The van der Waals surface area contributed by atoms with Gasteiger partial charge in [0.05, 0.1) is 5.56 Å². The number of ether oxygens (including phenoxy) is 2. The number of carbonyl (C=O) groups excluding carboxylic acids is 1. The van der Waals surface area contributed by atoms with Gasteiger partial charge in [-0.25, -0.2) is 14.6 Å². The van der Waals surface area contributed by atoms with Crippen LogP contribution in [0.1, 0.15) is 76.6 Å². The van der Waals surface area contributed by atoms with E-state index in [4.69, 9.17) is 19.2 Å². The molecule has 1 aromatic rings. The molecule has 0 aromatic heterocycles. The average molecular weight is 374 g/mol. The molecule has 5 nitrogen and oxygen atoms in total. The number of carbonyl (C=O) groups is 1. The smallest absolute Gasteiger partial charge is 0.338 e. The van der Waals surface area contributed by atoms with E-state index in [0.29, 0.717) is 12.0 Å². The molecule has 1 aliphatic carbocycles. The zero-order valence-corrected chi connectivity index (χ0v) is 16.7. The number of benzene rings is 1. The number of esters is 1. The first-order chi connectivity index (χ1) is 12.7. The summed E-state index contributed by atoms with van der Waals surface area (Å²) in [4.78, 5) is 24.3. The SMILES string of the molecule is CC(CC12CCC3(OO1)C(C)(C)CCCC3(C)O2)OC(=O)c1ccccc1. The van der Waals surface area contributed by atoms with Gasteiger partial charge in [-0.05, 0) is 57.1 Å². The van der Waals surface area contributed by atoms with Gasteiger partial charge in [0.15, 0.2) is 0 Å². The summed E-state index contributed by atoms with van der Waals surface area (Å²) in [5.41, 5.74) is -0.247. The summed E-state index contributed by atoms with van der Waals surface area (Å²) in [7, 11) is 0. The zero-order chi connectivity index (χ0) is 19.3. The van der Waals surface area contributed by atoms with Crippen LogP contribution in [-0.2, 0) is 19.2 Å². The maximum atomic E-state index is 12.3. The summed E-state index contributed by atoms with van der Waals surface area (Å²) < 4.78 is 12.2. The van der Waals surface area contributed by atoms with Crippen molar-refractivity contribution in [1.29, 1.82) is 0 Å². The van der Waals surface area contributed by atoms with E-state index in [1.165, 1.54) is 0 Å². The highest BCUT2D eigenvalue weighted by Crippen LogP contribution is 2.63. The third-order valence-corrected chi connectivity index (χ3v) is 6.92. The van der Waals surface area contributed by atoms with Crippen LogP contribution >= 0.6 is 0 Å². The van der Waals surface area contributed by atoms with Gasteiger partial charge in [-0.3, -0.25) is 0 Å². The molecule has 3 aliphatic heterocycles. The van der Waals surface area contributed by atoms with Crippen molar-refractivity contribution in [2.24, 2.45) is 5.41 Å². The van der Waals surface area contributed by atoms with Crippen molar-refractivity contribution in [2.75, 3.05) is 0 Å². The second-order valence-corrected chi connectivity index (χ2v) is 9.26. The Morgan fingerprint density at radius 3 is 2.48 bits per heavy atom. The molecule has 4 fully saturated rings. The number of rotatable bonds is 4. The minimum atomic E-state index is -0.847. The van der Waals surface area contributed by atoms with Gasteiger partial charge >= 0.3 is 5.97 Å². The highest BCUT2D eigenvalue weighted by Gasteiger charge is 2.71. The molecule has 0 radical (unpaired) electrons. The summed E-state index contributed by atoms with van der Waals surface area (Å²) in [6.45, 7) is 8.54. The second-order valence-electron chi connectivity index (χ2n) is 9.26. The van der Waals surface area contributed by atoms with Gasteiger partial charge in [0.2, 0.25) is 5.79 Å². The van der Waals surface area contributed by atoms with Gasteiger partial charge < -0.3 is 9.47 Å². The quantitative estimate of drug-likeness (QED) is 0.560. The van der Waals surface area contributed by atoms with Crippen LogP contribution in [-0.4, -0.2) is 29.1 Å². The topological polar surface area (TPSA) is 54.0 Å². The Hall–Kier alpha value is -1.43. The highest BCUT2D eigenvalue weighted by atomic mass is 17.3.